The Morgan fingerprint density at radius 1 is 1.60 bits per heavy atom. The van der Waals surface area contributed by atoms with Crippen LogP contribution in [0.2, 0.25) is 0 Å². The van der Waals surface area contributed by atoms with Crippen molar-refractivity contribution in [2.45, 2.75) is 32.9 Å². The average Bonchev–Trinajstić information content (AvgIpc) is 2.51. The molecule has 0 saturated heterocycles. The van der Waals surface area contributed by atoms with E-state index in [1.807, 2.05) is 6.92 Å². The van der Waals surface area contributed by atoms with Crippen LogP contribution in [0, 0.1) is 6.92 Å². The lowest BCUT2D eigenvalue weighted by molar-refractivity contribution is -0.143. The predicted octanol–water partition coefficient (Wildman–Crippen LogP) is 0.673. The van der Waals surface area contributed by atoms with Gasteiger partial charge in [0.25, 0.3) is 0 Å². The van der Waals surface area contributed by atoms with Crippen LogP contribution in [-0.2, 0) is 11.3 Å². The Morgan fingerprint density at radius 3 is 2.67 bits per heavy atom. The van der Waals surface area contributed by atoms with E-state index >= 15 is 0 Å². The second-order valence-corrected chi connectivity index (χ2v) is 3.39. The second kappa shape index (κ2) is 4.88. The number of aliphatic carboxylic acids is 1. The number of aryl methyl sites for hydroxylation is 1. The van der Waals surface area contributed by atoms with E-state index in [-0.39, 0.29) is 0 Å². The molecule has 84 valence electrons. The Kier molecular flexibility index (Phi) is 3.79. The summed E-state index contributed by atoms with van der Waals surface area (Å²) >= 11 is 0. The minimum Gasteiger partial charge on any atom is -0.480 e. The Balaban J connectivity index is 2.61. The third-order valence-corrected chi connectivity index (χ3v) is 2.16. The SMILES string of the molecule is CCC(C(=O)O)N(C)Cc1nnc(C)o1. The van der Waals surface area contributed by atoms with Crippen LogP contribution in [0.25, 0.3) is 0 Å². The molecule has 1 rings (SSSR count). The maximum absolute atomic E-state index is 10.9. The third kappa shape index (κ3) is 3.02. The lowest BCUT2D eigenvalue weighted by Gasteiger charge is -2.21. The summed E-state index contributed by atoms with van der Waals surface area (Å²) in [6.45, 7) is 3.88. The van der Waals surface area contributed by atoms with E-state index in [2.05, 4.69) is 10.2 Å². The molecule has 1 N–H and O–H groups in total. The molecule has 0 fully saturated rings. The number of carboxylic acids is 1. The first-order valence-electron chi connectivity index (χ1n) is 4.76. The number of hydrogen-bond donors (Lipinski definition) is 1. The molecular formula is C9H15N3O3. The van der Waals surface area contributed by atoms with Crippen LogP contribution in [0.4, 0.5) is 0 Å². The number of nitrogens with zero attached hydrogens (tertiary/aromatic N) is 3. The van der Waals surface area contributed by atoms with E-state index in [4.69, 9.17) is 9.52 Å². The van der Waals surface area contributed by atoms with Crippen molar-refractivity contribution in [3.63, 3.8) is 0 Å². The van der Waals surface area contributed by atoms with Gasteiger partial charge in [-0.2, -0.15) is 0 Å². The number of carboxylic acid groups (broad SMARTS) is 1. The Morgan fingerprint density at radius 2 is 2.27 bits per heavy atom. The normalized spacial score (nSPS) is 13.1. The van der Waals surface area contributed by atoms with Crippen molar-refractivity contribution in [2.24, 2.45) is 0 Å². The van der Waals surface area contributed by atoms with Gasteiger partial charge in [0.1, 0.15) is 6.04 Å². The molecule has 6 heteroatoms. The fraction of sp³-hybridized carbons (Fsp3) is 0.667. The topological polar surface area (TPSA) is 79.5 Å². The monoisotopic (exact) mass is 213 g/mol. The van der Waals surface area contributed by atoms with Gasteiger partial charge >= 0.3 is 5.97 Å². The van der Waals surface area contributed by atoms with Gasteiger partial charge in [0.05, 0.1) is 6.54 Å². The van der Waals surface area contributed by atoms with Crippen molar-refractivity contribution in [3.05, 3.63) is 11.8 Å². The number of carbonyl (C=O) groups is 1. The molecule has 1 aromatic rings. The number of rotatable bonds is 5. The summed E-state index contributed by atoms with van der Waals surface area (Å²) in [6.07, 6.45) is 0.541. The molecule has 0 aliphatic carbocycles. The number of aromatic nitrogens is 2. The Labute approximate surface area is 87.9 Å². The van der Waals surface area contributed by atoms with Crippen molar-refractivity contribution < 1.29 is 14.3 Å². The largest absolute Gasteiger partial charge is 0.480 e. The minimum absolute atomic E-state index is 0.353. The van der Waals surface area contributed by atoms with Gasteiger partial charge in [0.2, 0.25) is 11.8 Å². The average molecular weight is 213 g/mol. The molecule has 15 heavy (non-hydrogen) atoms. The second-order valence-electron chi connectivity index (χ2n) is 3.39. The Bertz CT molecular complexity index is 337. The number of likely N-dealkylation sites (N-methyl/N-ethyl adjacent to an activating group) is 1. The molecule has 0 aliphatic rings. The van der Waals surface area contributed by atoms with E-state index in [1.54, 1.807) is 18.9 Å². The molecular weight excluding hydrogens is 198 g/mol. The highest BCUT2D eigenvalue weighted by atomic mass is 16.4. The van der Waals surface area contributed by atoms with E-state index in [9.17, 15) is 4.79 Å². The molecule has 0 aromatic carbocycles. The summed E-state index contributed by atoms with van der Waals surface area (Å²) in [4.78, 5) is 12.5. The van der Waals surface area contributed by atoms with Crippen LogP contribution in [0.3, 0.4) is 0 Å². The first kappa shape index (κ1) is 11.6. The van der Waals surface area contributed by atoms with Crippen LogP contribution in [0.1, 0.15) is 25.1 Å². The zero-order chi connectivity index (χ0) is 11.4. The van der Waals surface area contributed by atoms with Crippen molar-refractivity contribution in [1.82, 2.24) is 15.1 Å². The highest BCUT2D eigenvalue weighted by Gasteiger charge is 2.21. The van der Waals surface area contributed by atoms with Gasteiger partial charge in [-0.05, 0) is 13.5 Å². The van der Waals surface area contributed by atoms with E-state index < -0.39 is 12.0 Å². The number of hydrogen-bond acceptors (Lipinski definition) is 5. The van der Waals surface area contributed by atoms with Gasteiger partial charge in [0, 0.05) is 6.92 Å². The van der Waals surface area contributed by atoms with Gasteiger partial charge in [-0.1, -0.05) is 6.92 Å². The lowest BCUT2D eigenvalue weighted by Crippen LogP contribution is -2.37. The summed E-state index contributed by atoms with van der Waals surface area (Å²) in [6, 6.07) is -0.516. The lowest BCUT2D eigenvalue weighted by atomic mass is 10.2. The standard InChI is InChI=1S/C9H15N3O3/c1-4-7(9(13)14)12(3)5-8-11-10-6(2)15-8/h7H,4-5H2,1-3H3,(H,13,14). The molecule has 0 amide bonds. The maximum atomic E-state index is 10.9. The van der Waals surface area contributed by atoms with Gasteiger partial charge in [0.15, 0.2) is 0 Å². The molecule has 0 saturated carbocycles. The van der Waals surface area contributed by atoms with Crippen LogP contribution in [0.15, 0.2) is 4.42 Å². The molecule has 1 unspecified atom stereocenters. The zero-order valence-corrected chi connectivity index (χ0v) is 9.10. The molecule has 1 aromatic heterocycles. The Hall–Kier alpha value is -1.43. The summed E-state index contributed by atoms with van der Waals surface area (Å²) in [5.41, 5.74) is 0. The van der Waals surface area contributed by atoms with E-state index in [1.165, 1.54) is 0 Å². The molecule has 1 heterocycles. The maximum Gasteiger partial charge on any atom is 0.320 e. The van der Waals surface area contributed by atoms with Crippen LogP contribution >= 0.6 is 0 Å². The van der Waals surface area contributed by atoms with Crippen molar-refractivity contribution in [2.75, 3.05) is 7.05 Å². The van der Waals surface area contributed by atoms with Gasteiger partial charge in [-0.3, -0.25) is 9.69 Å². The van der Waals surface area contributed by atoms with Crippen LogP contribution < -0.4 is 0 Å². The molecule has 0 spiro atoms. The van der Waals surface area contributed by atoms with Crippen LogP contribution in [-0.4, -0.2) is 39.3 Å². The highest BCUT2D eigenvalue weighted by molar-refractivity contribution is 5.73. The quantitative estimate of drug-likeness (QED) is 0.774. The molecule has 6 nitrogen and oxygen atoms in total. The van der Waals surface area contributed by atoms with Crippen molar-refractivity contribution in [3.8, 4) is 0 Å². The van der Waals surface area contributed by atoms with Crippen molar-refractivity contribution >= 4 is 5.97 Å². The summed E-state index contributed by atoms with van der Waals surface area (Å²) in [7, 11) is 1.72. The molecule has 0 bridgehead atoms. The molecule has 0 radical (unpaired) electrons. The van der Waals surface area contributed by atoms with E-state index in [0.717, 1.165) is 0 Å². The summed E-state index contributed by atoms with van der Waals surface area (Å²) < 4.78 is 5.17. The van der Waals surface area contributed by atoms with Gasteiger partial charge < -0.3 is 9.52 Å². The smallest absolute Gasteiger partial charge is 0.320 e. The van der Waals surface area contributed by atoms with Gasteiger partial charge in [-0.25, -0.2) is 0 Å². The van der Waals surface area contributed by atoms with E-state index in [0.29, 0.717) is 24.7 Å². The molecule has 1 atom stereocenters. The highest BCUT2D eigenvalue weighted by Crippen LogP contribution is 2.07. The third-order valence-electron chi connectivity index (χ3n) is 2.16. The molecule has 0 aliphatic heterocycles. The van der Waals surface area contributed by atoms with Gasteiger partial charge in [-0.15, -0.1) is 10.2 Å². The first-order chi connectivity index (χ1) is 7.04. The summed E-state index contributed by atoms with van der Waals surface area (Å²) in [5, 5.41) is 16.4. The summed E-state index contributed by atoms with van der Waals surface area (Å²) in [5.74, 6) is 0.0905. The minimum atomic E-state index is -0.837. The first-order valence-corrected chi connectivity index (χ1v) is 4.76. The zero-order valence-electron chi connectivity index (χ0n) is 9.10. The van der Waals surface area contributed by atoms with Crippen molar-refractivity contribution in [1.29, 1.82) is 0 Å². The fourth-order valence-electron chi connectivity index (χ4n) is 1.40. The fourth-order valence-corrected chi connectivity index (χ4v) is 1.40. The van der Waals surface area contributed by atoms with Crippen LogP contribution in [0.5, 0.6) is 0 Å². The predicted molar refractivity (Wildman–Crippen MR) is 52.2 cm³/mol.